The average Bonchev–Trinajstić information content (AvgIpc) is 2.90. The number of hydrogen-bond donors (Lipinski definition) is 1. The Morgan fingerprint density at radius 1 is 1.24 bits per heavy atom. The molecule has 1 N–H and O–H groups in total. The SMILES string of the molecule is CCSc1cc2nnc(-c3ccccc3)n2[nH]1. The van der Waals surface area contributed by atoms with Crippen LogP contribution in [-0.4, -0.2) is 25.6 Å². The van der Waals surface area contributed by atoms with Crippen molar-refractivity contribution in [3.05, 3.63) is 36.4 Å². The van der Waals surface area contributed by atoms with Gasteiger partial charge in [0, 0.05) is 11.6 Å². The molecule has 0 atom stereocenters. The first-order valence-electron chi connectivity index (χ1n) is 5.51. The van der Waals surface area contributed by atoms with E-state index in [0.29, 0.717) is 0 Å². The van der Waals surface area contributed by atoms with Crippen LogP contribution in [0.3, 0.4) is 0 Å². The summed E-state index contributed by atoms with van der Waals surface area (Å²) < 4.78 is 1.92. The molecule has 0 aliphatic carbocycles. The molecule has 3 rings (SSSR count). The van der Waals surface area contributed by atoms with Gasteiger partial charge < -0.3 is 0 Å². The molecule has 0 aliphatic heterocycles. The summed E-state index contributed by atoms with van der Waals surface area (Å²) >= 11 is 1.77. The Balaban J connectivity index is 2.11. The molecule has 0 radical (unpaired) electrons. The normalized spacial score (nSPS) is 11.1. The molecule has 5 heteroatoms. The first-order chi connectivity index (χ1) is 8.38. The Hall–Kier alpha value is -1.75. The van der Waals surface area contributed by atoms with Gasteiger partial charge in [0.1, 0.15) is 0 Å². The van der Waals surface area contributed by atoms with Crippen LogP contribution < -0.4 is 0 Å². The zero-order valence-corrected chi connectivity index (χ0v) is 10.2. The maximum absolute atomic E-state index is 4.20. The van der Waals surface area contributed by atoms with Gasteiger partial charge in [-0.3, -0.25) is 5.10 Å². The summed E-state index contributed by atoms with van der Waals surface area (Å²) in [4.78, 5) is 0. The number of fused-ring (bicyclic) bond motifs is 1. The predicted octanol–water partition coefficient (Wildman–Crippen LogP) is 2.84. The van der Waals surface area contributed by atoms with E-state index in [9.17, 15) is 0 Å². The van der Waals surface area contributed by atoms with E-state index < -0.39 is 0 Å². The minimum Gasteiger partial charge on any atom is -0.284 e. The van der Waals surface area contributed by atoms with Gasteiger partial charge in [-0.25, -0.2) is 4.52 Å². The van der Waals surface area contributed by atoms with Crippen molar-refractivity contribution < 1.29 is 0 Å². The van der Waals surface area contributed by atoms with E-state index in [-0.39, 0.29) is 0 Å². The van der Waals surface area contributed by atoms with Crippen LogP contribution in [0, 0.1) is 0 Å². The average molecular weight is 244 g/mol. The largest absolute Gasteiger partial charge is 0.284 e. The molecule has 0 fully saturated rings. The lowest BCUT2D eigenvalue weighted by molar-refractivity contribution is 0.905. The summed E-state index contributed by atoms with van der Waals surface area (Å²) in [6.07, 6.45) is 0. The van der Waals surface area contributed by atoms with Crippen molar-refractivity contribution in [1.29, 1.82) is 0 Å². The van der Waals surface area contributed by atoms with E-state index in [1.165, 1.54) is 0 Å². The first kappa shape index (κ1) is 10.4. The molecule has 0 spiro atoms. The Bertz CT molecular complexity index is 626. The lowest BCUT2D eigenvalue weighted by atomic mass is 10.2. The van der Waals surface area contributed by atoms with Crippen LogP contribution in [0.25, 0.3) is 17.0 Å². The molecular formula is C12H12N4S. The van der Waals surface area contributed by atoms with E-state index in [0.717, 1.165) is 27.8 Å². The molecule has 17 heavy (non-hydrogen) atoms. The molecule has 0 bridgehead atoms. The number of nitrogens with zero attached hydrogens (tertiary/aromatic N) is 3. The van der Waals surface area contributed by atoms with Crippen LogP contribution in [0.4, 0.5) is 0 Å². The van der Waals surface area contributed by atoms with Gasteiger partial charge in [0.25, 0.3) is 0 Å². The lowest BCUT2D eigenvalue weighted by Gasteiger charge is -1.97. The molecular weight excluding hydrogens is 232 g/mol. The minimum atomic E-state index is 0.851. The zero-order valence-electron chi connectivity index (χ0n) is 9.42. The van der Waals surface area contributed by atoms with Gasteiger partial charge in [0.05, 0.1) is 5.03 Å². The molecule has 1 aromatic carbocycles. The second-order valence-corrected chi connectivity index (χ2v) is 4.94. The first-order valence-corrected chi connectivity index (χ1v) is 6.49. The molecule has 0 saturated heterocycles. The highest BCUT2D eigenvalue weighted by molar-refractivity contribution is 7.99. The Morgan fingerprint density at radius 3 is 2.82 bits per heavy atom. The highest BCUT2D eigenvalue weighted by Crippen LogP contribution is 2.22. The van der Waals surface area contributed by atoms with E-state index in [4.69, 9.17) is 0 Å². The van der Waals surface area contributed by atoms with E-state index in [1.807, 2.05) is 40.9 Å². The third-order valence-electron chi connectivity index (χ3n) is 2.50. The number of H-pyrrole nitrogens is 1. The highest BCUT2D eigenvalue weighted by atomic mass is 32.2. The third kappa shape index (κ3) is 1.82. The minimum absolute atomic E-state index is 0.851. The maximum atomic E-state index is 4.20. The monoisotopic (exact) mass is 244 g/mol. The summed E-state index contributed by atoms with van der Waals surface area (Å²) in [5, 5.41) is 12.8. The van der Waals surface area contributed by atoms with Gasteiger partial charge in [-0.05, 0) is 5.75 Å². The second-order valence-electron chi connectivity index (χ2n) is 3.64. The Labute approximate surface area is 103 Å². The lowest BCUT2D eigenvalue weighted by Crippen LogP contribution is -1.90. The van der Waals surface area contributed by atoms with E-state index in [1.54, 1.807) is 11.8 Å². The van der Waals surface area contributed by atoms with Crippen LogP contribution in [0.5, 0.6) is 0 Å². The molecule has 3 aromatic rings. The molecule has 0 saturated carbocycles. The number of benzene rings is 1. The van der Waals surface area contributed by atoms with E-state index >= 15 is 0 Å². The molecule has 0 unspecified atom stereocenters. The summed E-state index contributed by atoms with van der Waals surface area (Å²) in [5.74, 6) is 1.89. The van der Waals surface area contributed by atoms with E-state index in [2.05, 4.69) is 22.2 Å². The summed E-state index contributed by atoms with van der Waals surface area (Å²) in [5.41, 5.74) is 1.93. The number of thioether (sulfide) groups is 1. The number of rotatable bonds is 3. The Kier molecular flexibility index (Phi) is 2.60. The van der Waals surface area contributed by atoms with Crippen molar-refractivity contribution in [2.24, 2.45) is 0 Å². The van der Waals surface area contributed by atoms with Crippen molar-refractivity contribution >= 4 is 17.4 Å². The number of nitrogens with one attached hydrogen (secondary N) is 1. The highest BCUT2D eigenvalue weighted by Gasteiger charge is 2.10. The molecule has 0 aliphatic rings. The molecule has 2 heterocycles. The quantitative estimate of drug-likeness (QED) is 0.721. The van der Waals surface area contributed by atoms with Gasteiger partial charge in [-0.15, -0.1) is 22.0 Å². The molecule has 4 nitrogen and oxygen atoms in total. The van der Waals surface area contributed by atoms with Crippen molar-refractivity contribution in [3.63, 3.8) is 0 Å². The summed E-state index contributed by atoms with van der Waals surface area (Å²) in [6, 6.07) is 12.1. The Morgan fingerprint density at radius 2 is 2.06 bits per heavy atom. The standard InChI is InChI=1S/C12H12N4S/c1-2-17-11-8-10-13-14-12(16(10)15-11)9-6-4-3-5-7-9/h3-8,15H,2H2,1H3. The van der Waals surface area contributed by atoms with Crippen molar-refractivity contribution in [1.82, 2.24) is 19.8 Å². The summed E-state index contributed by atoms with van der Waals surface area (Å²) in [6.45, 7) is 2.13. The summed E-state index contributed by atoms with van der Waals surface area (Å²) in [7, 11) is 0. The van der Waals surface area contributed by atoms with Crippen LogP contribution in [-0.2, 0) is 0 Å². The second kappa shape index (κ2) is 4.25. The van der Waals surface area contributed by atoms with Gasteiger partial charge in [0.2, 0.25) is 0 Å². The maximum Gasteiger partial charge on any atom is 0.183 e. The fraction of sp³-hybridized carbons (Fsp3) is 0.167. The fourth-order valence-corrected chi connectivity index (χ4v) is 2.42. The molecule has 0 amide bonds. The third-order valence-corrected chi connectivity index (χ3v) is 3.31. The predicted molar refractivity (Wildman–Crippen MR) is 69.2 cm³/mol. The van der Waals surface area contributed by atoms with Gasteiger partial charge in [0.15, 0.2) is 11.5 Å². The van der Waals surface area contributed by atoms with Gasteiger partial charge in [-0.1, -0.05) is 37.3 Å². The molecule has 2 aromatic heterocycles. The van der Waals surface area contributed by atoms with Crippen LogP contribution >= 0.6 is 11.8 Å². The van der Waals surface area contributed by atoms with Crippen molar-refractivity contribution in [2.45, 2.75) is 11.9 Å². The van der Waals surface area contributed by atoms with Crippen LogP contribution in [0.15, 0.2) is 41.4 Å². The van der Waals surface area contributed by atoms with Gasteiger partial charge >= 0.3 is 0 Å². The number of aromatic amines is 1. The van der Waals surface area contributed by atoms with Gasteiger partial charge in [-0.2, -0.15) is 0 Å². The number of aromatic nitrogens is 4. The topological polar surface area (TPSA) is 46.0 Å². The van der Waals surface area contributed by atoms with Crippen LogP contribution in [0.2, 0.25) is 0 Å². The van der Waals surface area contributed by atoms with Crippen LogP contribution in [0.1, 0.15) is 6.92 Å². The zero-order chi connectivity index (χ0) is 11.7. The van der Waals surface area contributed by atoms with Crippen molar-refractivity contribution in [3.8, 4) is 11.4 Å². The van der Waals surface area contributed by atoms with Crippen molar-refractivity contribution in [2.75, 3.05) is 5.75 Å². The fourth-order valence-electron chi connectivity index (χ4n) is 1.76. The molecule has 86 valence electrons. The smallest absolute Gasteiger partial charge is 0.183 e. The number of hydrogen-bond acceptors (Lipinski definition) is 3.